The second-order valence-electron chi connectivity index (χ2n) is 6.45. The van der Waals surface area contributed by atoms with E-state index in [9.17, 15) is 22.4 Å². The van der Waals surface area contributed by atoms with Gasteiger partial charge in [-0.15, -0.1) is 0 Å². The number of hydrogen-bond donors (Lipinski definition) is 1. The maximum Gasteiger partial charge on any atom is 0.411 e. The number of hydrogen-bond acceptors (Lipinski definition) is 3. The van der Waals surface area contributed by atoms with Gasteiger partial charge in [-0.1, -0.05) is 41.9 Å². The highest BCUT2D eigenvalue weighted by atomic mass is 35.5. The minimum Gasteiger partial charge on any atom is -0.454 e. The van der Waals surface area contributed by atoms with Crippen molar-refractivity contribution in [2.75, 3.05) is 0 Å². The van der Waals surface area contributed by atoms with E-state index >= 15 is 0 Å². The summed E-state index contributed by atoms with van der Waals surface area (Å²) in [5, 5.41) is 1.90. The molecule has 1 aliphatic heterocycles. The van der Waals surface area contributed by atoms with Gasteiger partial charge < -0.3 is 4.74 Å². The predicted molar refractivity (Wildman–Crippen MR) is 95.7 cm³/mol. The summed E-state index contributed by atoms with van der Waals surface area (Å²) < 4.78 is 59.7. The van der Waals surface area contributed by atoms with Gasteiger partial charge in [-0.25, -0.2) is 9.38 Å². The lowest BCUT2D eigenvalue weighted by Gasteiger charge is -2.38. The van der Waals surface area contributed by atoms with Gasteiger partial charge >= 0.3 is 6.18 Å². The fourth-order valence-corrected chi connectivity index (χ4v) is 3.25. The SMILES string of the molecule is C[C@@]1(c2cccc(F)c2Cl)C[C@@H](C(F)(F)F)N=C(NC(=O)c2ccccc2)O1. The molecule has 0 radical (unpaired) electrons. The maximum absolute atomic E-state index is 13.9. The fourth-order valence-electron chi connectivity index (χ4n) is 2.92. The molecule has 2 aromatic carbocycles. The first kappa shape index (κ1) is 20.1. The lowest BCUT2D eigenvalue weighted by molar-refractivity contribution is -0.164. The highest BCUT2D eigenvalue weighted by Gasteiger charge is 2.50. The number of amides is 1. The Bertz CT molecular complexity index is 918. The molecule has 0 spiro atoms. The van der Waals surface area contributed by atoms with E-state index in [1.807, 2.05) is 0 Å². The number of carbonyl (C=O) groups is 1. The Balaban J connectivity index is 1.96. The van der Waals surface area contributed by atoms with Crippen molar-refractivity contribution in [1.82, 2.24) is 5.32 Å². The number of halogens is 5. The van der Waals surface area contributed by atoms with Gasteiger partial charge in [0.2, 0.25) is 0 Å². The molecular formula is C19H15ClF4N2O2. The van der Waals surface area contributed by atoms with Crippen LogP contribution in [0.4, 0.5) is 17.6 Å². The number of benzene rings is 2. The summed E-state index contributed by atoms with van der Waals surface area (Å²) in [4.78, 5) is 15.8. The third kappa shape index (κ3) is 4.11. The first-order valence-electron chi connectivity index (χ1n) is 8.24. The number of rotatable bonds is 2. The van der Waals surface area contributed by atoms with Crippen LogP contribution in [0.5, 0.6) is 0 Å². The van der Waals surface area contributed by atoms with Gasteiger partial charge in [0.05, 0.1) is 5.02 Å². The summed E-state index contributed by atoms with van der Waals surface area (Å²) in [6.45, 7) is 1.34. The Hall–Kier alpha value is -2.61. The highest BCUT2D eigenvalue weighted by molar-refractivity contribution is 6.31. The van der Waals surface area contributed by atoms with Crippen LogP contribution in [0.1, 0.15) is 29.3 Å². The van der Waals surface area contributed by atoms with E-state index in [-0.39, 0.29) is 16.1 Å². The van der Waals surface area contributed by atoms with Gasteiger partial charge in [0.15, 0.2) is 6.04 Å². The second-order valence-corrected chi connectivity index (χ2v) is 6.83. The molecule has 4 nitrogen and oxygen atoms in total. The Kier molecular flexibility index (Phi) is 5.34. The maximum atomic E-state index is 13.9. The Morgan fingerprint density at radius 2 is 1.89 bits per heavy atom. The molecule has 1 N–H and O–H groups in total. The third-order valence-electron chi connectivity index (χ3n) is 4.33. The molecule has 1 amide bonds. The molecule has 0 aliphatic carbocycles. The summed E-state index contributed by atoms with van der Waals surface area (Å²) in [6, 6.07) is 8.90. The van der Waals surface area contributed by atoms with Crippen molar-refractivity contribution in [2.24, 2.45) is 4.99 Å². The van der Waals surface area contributed by atoms with E-state index in [1.54, 1.807) is 18.2 Å². The Morgan fingerprint density at radius 1 is 1.21 bits per heavy atom. The van der Waals surface area contributed by atoms with E-state index < -0.39 is 42.0 Å². The molecule has 2 aromatic rings. The molecular weight excluding hydrogens is 400 g/mol. The van der Waals surface area contributed by atoms with Gasteiger partial charge in [-0.05, 0) is 25.1 Å². The summed E-state index contributed by atoms with van der Waals surface area (Å²) in [5.74, 6) is -1.47. The van der Waals surface area contributed by atoms with Crippen LogP contribution >= 0.6 is 11.6 Å². The lowest BCUT2D eigenvalue weighted by atomic mass is 9.87. The van der Waals surface area contributed by atoms with Crippen molar-refractivity contribution < 1.29 is 27.1 Å². The summed E-state index contributed by atoms with van der Waals surface area (Å²) in [6.07, 6.45) is -5.31. The van der Waals surface area contributed by atoms with Gasteiger partial charge in [0, 0.05) is 17.5 Å². The van der Waals surface area contributed by atoms with Crippen LogP contribution in [-0.2, 0) is 10.3 Å². The number of alkyl halides is 3. The molecule has 1 aliphatic rings. The molecule has 0 aromatic heterocycles. The molecule has 2 atom stereocenters. The number of aliphatic imine (C=N–C) groups is 1. The van der Waals surface area contributed by atoms with Crippen LogP contribution in [0.2, 0.25) is 5.02 Å². The molecule has 0 unspecified atom stereocenters. The van der Waals surface area contributed by atoms with Crippen molar-refractivity contribution in [3.8, 4) is 0 Å². The second kappa shape index (κ2) is 7.43. The Morgan fingerprint density at radius 3 is 2.54 bits per heavy atom. The molecule has 1 heterocycles. The predicted octanol–water partition coefficient (Wildman–Crippen LogP) is 4.83. The van der Waals surface area contributed by atoms with Crippen LogP contribution in [0.25, 0.3) is 0 Å². The van der Waals surface area contributed by atoms with Gasteiger partial charge in [-0.3, -0.25) is 10.1 Å². The van der Waals surface area contributed by atoms with Gasteiger partial charge in [-0.2, -0.15) is 13.2 Å². The number of carbonyl (C=O) groups excluding carboxylic acids is 1. The van der Waals surface area contributed by atoms with Crippen LogP contribution in [0, 0.1) is 5.82 Å². The summed E-state index contributed by atoms with van der Waals surface area (Å²) in [7, 11) is 0. The first-order valence-corrected chi connectivity index (χ1v) is 8.62. The van der Waals surface area contributed by atoms with E-state index in [1.165, 1.54) is 31.2 Å². The van der Waals surface area contributed by atoms with Crippen LogP contribution < -0.4 is 5.32 Å². The van der Waals surface area contributed by atoms with Crippen LogP contribution in [0.15, 0.2) is 53.5 Å². The van der Waals surface area contributed by atoms with Crippen LogP contribution in [0.3, 0.4) is 0 Å². The molecule has 28 heavy (non-hydrogen) atoms. The van der Waals surface area contributed by atoms with Gasteiger partial charge in [0.25, 0.3) is 11.9 Å². The van der Waals surface area contributed by atoms with Crippen molar-refractivity contribution >= 4 is 23.5 Å². The molecule has 0 saturated heterocycles. The minimum absolute atomic E-state index is 0.0322. The van der Waals surface area contributed by atoms with E-state index in [4.69, 9.17) is 16.3 Å². The smallest absolute Gasteiger partial charge is 0.411 e. The average molecular weight is 415 g/mol. The quantitative estimate of drug-likeness (QED) is 0.715. The van der Waals surface area contributed by atoms with Crippen molar-refractivity contribution in [2.45, 2.75) is 31.2 Å². The molecule has 9 heteroatoms. The Labute approximate surface area is 163 Å². The number of nitrogens with one attached hydrogen (secondary N) is 1. The van der Waals surface area contributed by atoms with Crippen molar-refractivity contribution in [3.05, 3.63) is 70.5 Å². The standard InChI is InChI=1S/C19H15ClF4N2O2/c1-18(12-8-5-9-13(21)15(12)20)10-14(19(22,23)24)25-17(28-18)26-16(27)11-6-3-2-4-7-11/h2-9,14H,10H2,1H3,(H,25,26,27)/t14-,18-/m0/s1. The average Bonchev–Trinajstić information content (AvgIpc) is 2.63. The summed E-state index contributed by atoms with van der Waals surface area (Å²) >= 11 is 5.96. The summed E-state index contributed by atoms with van der Waals surface area (Å²) in [5.41, 5.74) is -1.40. The number of nitrogens with zero attached hydrogens (tertiary/aromatic N) is 1. The highest BCUT2D eigenvalue weighted by Crippen LogP contribution is 2.42. The van der Waals surface area contributed by atoms with Crippen LogP contribution in [-0.4, -0.2) is 24.1 Å². The monoisotopic (exact) mass is 414 g/mol. The molecule has 148 valence electrons. The molecule has 0 bridgehead atoms. The molecule has 0 fully saturated rings. The van der Waals surface area contributed by atoms with E-state index in [2.05, 4.69) is 10.3 Å². The zero-order chi connectivity index (χ0) is 20.5. The normalized spacial score (nSPS) is 22.2. The zero-order valence-corrected chi connectivity index (χ0v) is 15.3. The molecule has 0 saturated carbocycles. The van der Waals surface area contributed by atoms with Crippen molar-refractivity contribution in [3.63, 3.8) is 0 Å². The first-order chi connectivity index (χ1) is 13.1. The largest absolute Gasteiger partial charge is 0.454 e. The van der Waals surface area contributed by atoms with Gasteiger partial charge in [0.1, 0.15) is 11.4 Å². The lowest BCUT2D eigenvalue weighted by Crippen LogP contribution is -2.48. The van der Waals surface area contributed by atoms with Crippen molar-refractivity contribution in [1.29, 1.82) is 0 Å². The minimum atomic E-state index is -4.69. The number of amidine groups is 1. The third-order valence-corrected chi connectivity index (χ3v) is 4.72. The van der Waals surface area contributed by atoms with E-state index in [0.29, 0.717) is 0 Å². The topological polar surface area (TPSA) is 50.7 Å². The number of ether oxygens (including phenoxy) is 1. The zero-order valence-electron chi connectivity index (χ0n) is 14.6. The van der Waals surface area contributed by atoms with E-state index in [0.717, 1.165) is 6.07 Å². The molecule has 3 rings (SSSR count). The fraction of sp³-hybridized carbons (Fsp3) is 0.263.